The highest BCUT2D eigenvalue weighted by molar-refractivity contribution is 6.30. The second-order valence-corrected chi connectivity index (χ2v) is 4.42. The average Bonchev–Trinajstić information content (AvgIpc) is 2.35. The van der Waals surface area contributed by atoms with E-state index < -0.39 is 0 Å². The van der Waals surface area contributed by atoms with Crippen molar-refractivity contribution in [3.05, 3.63) is 29.0 Å². The zero-order valence-corrected chi connectivity index (χ0v) is 10.3. The van der Waals surface area contributed by atoms with E-state index in [0.717, 1.165) is 45.1 Å². The number of hydrogen-bond donors (Lipinski definition) is 1. The van der Waals surface area contributed by atoms with Crippen molar-refractivity contribution < 1.29 is 9.13 Å². The van der Waals surface area contributed by atoms with Gasteiger partial charge >= 0.3 is 0 Å². The van der Waals surface area contributed by atoms with Gasteiger partial charge in [-0.2, -0.15) is 0 Å². The molecule has 5 heteroatoms. The number of hydrogen-bond acceptors (Lipinski definition) is 3. The molecule has 17 heavy (non-hydrogen) atoms. The maximum atomic E-state index is 13.2. The highest BCUT2D eigenvalue weighted by atomic mass is 35.5. The standard InChI is InChI=1S/C12H16ClFN2O/c13-11-2-1-10(9-12(11)14)15-3-4-16-5-7-17-8-6-16/h1-2,9,15H,3-8H2. The van der Waals surface area contributed by atoms with Crippen LogP contribution in [0, 0.1) is 5.82 Å². The van der Waals surface area contributed by atoms with Crippen LogP contribution in [0.15, 0.2) is 18.2 Å². The van der Waals surface area contributed by atoms with Gasteiger partial charge in [-0.3, -0.25) is 4.90 Å². The van der Waals surface area contributed by atoms with Gasteiger partial charge in [0.15, 0.2) is 0 Å². The summed E-state index contributed by atoms with van der Waals surface area (Å²) in [5.41, 5.74) is 0.764. The molecule has 0 bridgehead atoms. The number of halogens is 2. The van der Waals surface area contributed by atoms with Crippen LogP contribution in [0.5, 0.6) is 0 Å². The van der Waals surface area contributed by atoms with Crippen molar-refractivity contribution >= 4 is 17.3 Å². The molecular weight excluding hydrogens is 243 g/mol. The molecule has 3 nitrogen and oxygen atoms in total. The first kappa shape index (κ1) is 12.6. The fraction of sp³-hybridized carbons (Fsp3) is 0.500. The van der Waals surface area contributed by atoms with Crippen LogP contribution in [0.2, 0.25) is 5.02 Å². The van der Waals surface area contributed by atoms with Gasteiger partial charge in [0, 0.05) is 31.9 Å². The monoisotopic (exact) mass is 258 g/mol. The Morgan fingerprint density at radius 2 is 2.12 bits per heavy atom. The number of ether oxygens (including phenoxy) is 1. The van der Waals surface area contributed by atoms with Gasteiger partial charge in [0.25, 0.3) is 0 Å². The summed E-state index contributed by atoms with van der Waals surface area (Å²) in [4.78, 5) is 2.32. The highest BCUT2D eigenvalue weighted by Crippen LogP contribution is 2.18. The summed E-state index contributed by atoms with van der Waals surface area (Å²) >= 11 is 5.61. The fourth-order valence-corrected chi connectivity index (χ4v) is 1.91. The van der Waals surface area contributed by atoms with Gasteiger partial charge in [0.05, 0.1) is 18.2 Å². The fourth-order valence-electron chi connectivity index (χ4n) is 1.79. The summed E-state index contributed by atoms with van der Waals surface area (Å²) in [7, 11) is 0. The Kier molecular flexibility index (Phi) is 4.59. The lowest BCUT2D eigenvalue weighted by atomic mass is 10.3. The molecule has 1 aliphatic heterocycles. The van der Waals surface area contributed by atoms with Crippen LogP contribution < -0.4 is 5.32 Å². The number of morpholine rings is 1. The molecule has 0 spiro atoms. The van der Waals surface area contributed by atoms with Crippen molar-refractivity contribution in [1.29, 1.82) is 0 Å². The molecule has 0 aromatic heterocycles. The predicted molar refractivity (Wildman–Crippen MR) is 67.2 cm³/mol. The maximum absolute atomic E-state index is 13.2. The second-order valence-electron chi connectivity index (χ2n) is 4.01. The minimum absolute atomic E-state index is 0.156. The first-order chi connectivity index (χ1) is 8.25. The lowest BCUT2D eigenvalue weighted by Gasteiger charge is -2.26. The van der Waals surface area contributed by atoms with Gasteiger partial charge in [-0.15, -0.1) is 0 Å². The zero-order chi connectivity index (χ0) is 12.1. The number of benzene rings is 1. The SMILES string of the molecule is Fc1cc(NCCN2CCOCC2)ccc1Cl. The number of anilines is 1. The van der Waals surface area contributed by atoms with Crippen LogP contribution >= 0.6 is 11.6 Å². The molecule has 1 aliphatic rings. The van der Waals surface area contributed by atoms with Crippen molar-refractivity contribution in [2.75, 3.05) is 44.7 Å². The summed E-state index contributed by atoms with van der Waals surface area (Å²) in [6, 6.07) is 4.76. The van der Waals surface area contributed by atoms with Crippen molar-refractivity contribution in [3.8, 4) is 0 Å². The van der Waals surface area contributed by atoms with Crippen LogP contribution in [0.1, 0.15) is 0 Å². The van der Waals surface area contributed by atoms with Crippen molar-refractivity contribution in [1.82, 2.24) is 4.90 Å². The molecule has 0 radical (unpaired) electrons. The van der Waals surface area contributed by atoms with Crippen molar-refractivity contribution in [2.45, 2.75) is 0 Å². The van der Waals surface area contributed by atoms with Crippen LogP contribution in [-0.4, -0.2) is 44.3 Å². The van der Waals surface area contributed by atoms with Gasteiger partial charge in [0.1, 0.15) is 5.82 Å². The van der Waals surface area contributed by atoms with E-state index in [1.165, 1.54) is 6.07 Å². The Balaban J connectivity index is 1.75. The number of rotatable bonds is 4. The molecule has 2 rings (SSSR count). The lowest BCUT2D eigenvalue weighted by Crippen LogP contribution is -2.39. The molecule has 1 fully saturated rings. The van der Waals surface area contributed by atoms with E-state index in [9.17, 15) is 4.39 Å². The Labute approximate surface area is 106 Å². The van der Waals surface area contributed by atoms with E-state index in [-0.39, 0.29) is 10.8 Å². The third-order valence-electron chi connectivity index (χ3n) is 2.78. The van der Waals surface area contributed by atoms with Crippen LogP contribution in [0.25, 0.3) is 0 Å². The van der Waals surface area contributed by atoms with Crippen molar-refractivity contribution in [3.63, 3.8) is 0 Å². The Morgan fingerprint density at radius 1 is 1.35 bits per heavy atom. The summed E-state index contributed by atoms with van der Waals surface area (Å²) < 4.78 is 18.4. The highest BCUT2D eigenvalue weighted by Gasteiger charge is 2.09. The van der Waals surface area contributed by atoms with Crippen LogP contribution in [0.4, 0.5) is 10.1 Å². The molecular formula is C12H16ClFN2O. The largest absolute Gasteiger partial charge is 0.384 e. The van der Waals surface area contributed by atoms with E-state index in [0.29, 0.717) is 0 Å². The Hall–Kier alpha value is -0.840. The topological polar surface area (TPSA) is 24.5 Å². The first-order valence-corrected chi connectivity index (χ1v) is 6.12. The molecule has 0 atom stereocenters. The van der Waals surface area contributed by atoms with Crippen LogP contribution in [-0.2, 0) is 4.74 Å². The average molecular weight is 259 g/mol. The molecule has 1 heterocycles. The van der Waals surface area contributed by atoms with Gasteiger partial charge in [-0.1, -0.05) is 11.6 Å². The molecule has 0 aliphatic carbocycles. The van der Waals surface area contributed by atoms with Crippen LogP contribution in [0.3, 0.4) is 0 Å². The molecule has 0 unspecified atom stereocenters. The quantitative estimate of drug-likeness (QED) is 0.896. The number of nitrogens with zero attached hydrogens (tertiary/aromatic N) is 1. The van der Waals surface area contributed by atoms with Gasteiger partial charge < -0.3 is 10.1 Å². The smallest absolute Gasteiger partial charge is 0.143 e. The molecule has 1 aromatic carbocycles. The van der Waals surface area contributed by atoms with E-state index in [1.807, 2.05) is 0 Å². The molecule has 94 valence electrons. The Bertz CT molecular complexity index is 370. The molecule has 0 amide bonds. The molecule has 1 aromatic rings. The maximum Gasteiger partial charge on any atom is 0.143 e. The molecule has 1 saturated heterocycles. The van der Waals surface area contributed by atoms with E-state index >= 15 is 0 Å². The minimum Gasteiger partial charge on any atom is -0.384 e. The summed E-state index contributed by atoms with van der Waals surface area (Å²) in [6.07, 6.45) is 0. The molecule has 1 N–H and O–H groups in total. The van der Waals surface area contributed by atoms with Crippen molar-refractivity contribution in [2.24, 2.45) is 0 Å². The minimum atomic E-state index is -0.386. The first-order valence-electron chi connectivity index (χ1n) is 5.75. The van der Waals surface area contributed by atoms with Gasteiger partial charge in [-0.05, 0) is 18.2 Å². The van der Waals surface area contributed by atoms with E-state index in [2.05, 4.69) is 10.2 Å². The third kappa shape index (κ3) is 3.84. The molecule has 0 saturated carbocycles. The zero-order valence-electron chi connectivity index (χ0n) is 9.59. The summed E-state index contributed by atoms with van der Waals surface area (Å²) in [5.74, 6) is -0.386. The lowest BCUT2D eigenvalue weighted by molar-refractivity contribution is 0.0398. The predicted octanol–water partition coefficient (Wildman–Crippen LogP) is 2.22. The number of nitrogens with one attached hydrogen (secondary N) is 1. The normalized spacial score (nSPS) is 17.1. The van der Waals surface area contributed by atoms with E-state index in [1.54, 1.807) is 12.1 Å². The summed E-state index contributed by atoms with van der Waals surface area (Å²) in [6.45, 7) is 5.27. The Morgan fingerprint density at radius 3 is 2.82 bits per heavy atom. The van der Waals surface area contributed by atoms with E-state index in [4.69, 9.17) is 16.3 Å². The van der Waals surface area contributed by atoms with Gasteiger partial charge in [0.2, 0.25) is 0 Å². The third-order valence-corrected chi connectivity index (χ3v) is 3.09. The second kappa shape index (κ2) is 6.19. The van der Waals surface area contributed by atoms with Gasteiger partial charge in [-0.25, -0.2) is 4.39 Å². The summed E-state index contributed by atoms with van der Waals surface area (Å²) in [5, 5.41) is 3.34.